The monoisotopic (exact) mass is 405 g/mol. The summed E-state index contributed by atoms with van der Waals surface area (Å²) < 4.78 is 4.93. The molecule has 1 heterocycles. The molecule has 0 atom stereocenters. The molecule has 0 unspecified atom stereocenters. The van der Waals surface area contributed by atoms with E-state index in [-0.39, 0.29) is 5.75 Å². The van der Waals surface area contributed by atoms with Crippen molar-refractivity contribution in [3.8, 4) is 0 Å². The van der Waals surface area contributed by atoms with Gasteiger partial charge in [0, 0.05) is 4.90 Å². The molecule has 3 rings (SSSR count). The number of esters is 1. The number of carbonyl (C=O) groups excluding carboxylic acids is 4. The normalized spacial score (nSPS) is 18.1. The van der Waals surface area contributed by atoms with E-state index in [2.05, 4.69) is 10.7 Å². The van der Waals surface area contributed by atoms with Crippen LogP contribution in [0.5, 0.6) is 0 Å². The van der Waals surface area contributed by atoms with Crippen LogP contribution in [0.4, 0.5) is 4.79 Å². The molecule has 2 N–H and O–H groups in total. The maximum Gasteiger partial charge on any atom is 0.344 e. The predicted octanol–water partition coefficient (Wildman–Crippen LogP) is 1.92. The van der Waals surface area contributed by atoms with Crippen molar-refractivity contribution in [2.75, 3.05) is 12.4 Å². The van der Waals surface area contributed by atoms with Gasteiger partial charge in [-0.15, -0.1) is 11.8 Å². The van der Waals surface area contributed by atoms with Crippen LogP contribution in [-0.4, -0.2) is 46.7 Å². The number of hydrazine groups is 1. The molecule has 1 spiro atoms. The smallest absolute Gasteiger partial charge is 0.344 e. The van der Waals surface area contributed by atoms with Crippen molar-refractivity contribution in [1.82, 2.24) is 15.8 Å². The van der Waals surface area contributed by atoms with Crippen molar-refractivity contribution in [3.05, 3.63) is 29.8 Å². The molecule has 28 heavy (non-hydrogen) atoms. The van der Waals surface area contributed by atoms with Crippen LogP contribution in [0.15, 0.2) is 29.2 Å². The third kappa shape index (κ3) is 4.64. The fourth-order valence-corrected chi connectivity index (χ4v) is 4.03. The van der Waals surface area contributed by atoms with Crippen LogP contribution in [0.25, 0.3) is 0 Å². The molecular formula is C19H23N3O5S. The Bertz CT molecular complexity index is 774. The lowest BCUT2D eigenvalue weighted by Gasteiger charge is -2.30. The average Bonchev–Trinajstić information content (AvgIpc) is 2.90. The van der Waals surface area contributed by atoms with Crippen molar-refractivity contribution in [1.29, 1.82) is 0 Å². The lowest BCUT2D eigenvalue weighted by molar-refractivity contribution is -0.148. The molecular weight excluding hydrogens is 382 g/mol. The van der Waals surface area contributed by atoms with E-state index in [1.54, 1.807) is 0 Å². The number of nitrogens with one attached hydrogen (secondary N) is 2. The number of benzene rings is 1. The fraction of sp³-hybridized carbons (Fsp3) is 0.474. The molecule has 2 aliphatic rings. The zero-order valence-electron chi connectivity index (χ0n) is 15.7. The molecule has 2 fully saturated rings. The number of hydrogen-bond donors (Lipinski definition) is 2. The Kier molecular flexibility index (Phi) is 6.23. The Morgan fingerprint density at radius 3 is 2.54 bits per heavy atom. The highest BCUT2D eigenvalue weighted by Crippen LogP contribution is 2.32. The first-order valence-corrected chi connectivity index (χ1v) is 10.2. The number of amides is 4. The summed E-state index contributed by atoms with van der Waals surface area (Å²) in [6.07, 6.45) is 3.85. The van der Waals surface area contributed by atoms with Gasteiger partial charge in [0.1, 0.15) is 5.54 Å². The fourth-order valence-electron chi connectivity index (χ4n) is 3.34. The SMILES string of the molecule is Cc1ccc(SCC(=O)OCC(=O)NN2C(=O)NC3(CCCCC3)C2=O)cc1. The van der Waals surface area contributed by atoms with Gasteiger partial charge in [0.05, 0.1) is 5.75 Å². The zero-order chi connectivity index (χ0) is 20.1. The Morgan fingerprint density at radius 1 is 1.18 bits per heavy atom. The number of thioether (sulfide) groups is 1. The minimum Gasteiger partial charge on any atom is -0.455 e. The van der Waals surface area contributed by atoms with Gasteiger partial charge in [0.25, 0.3) is 11.8 Å². The summed E-state index contributed by atoms with van der Waals surface area (Å²) in [5, 5.41) is 3.39. The van der Waals surface area contributed by atoms with Crippen LogP contribution in [-0.2, 0) is 19.1 Å². The molecule has 1 aliphatic carbocycles. The van der Waals surface area contributed by atoms with E-state index in [0.29, 0.717) is 17.9 Å². The van der Waals surface area contributed by atoms with Crippen molar-refractivity contribution < 1.29 is 23.9 Å². The molecule has 1 aromatic rings. The number of hydrogen-bond acceptors (Lipinski definition) is 6. The van der Waals surface area contributed by atoms with Gasteiger partial charge in [-0.25, -0.2) is 4.79 Å². The highest BCUT2D eigenvalue weighted by atomic mass is 32.2. The molecule has 1 saturated carbocycles. The first kappa shape index (κ1) is 20.2. The predicted molar refractivity (Wildman–Crippen MR) is 102 cm³/mol. The van der Waals surface area contributed by atoms with E-state index in [4.69, 9.17) is 4.74 Å². The van der Waals surface area contributed by atoms with Crippen molar-refractivity contribution in [2.45, 2.75) is 49.5 Å². The van der Waals surface area contributed by atoms with Gasteiger partial charge >= 0.3 is 12.0 Å². The van der Waals surface area contributed by atoms with Gasteiger partial charge in [0.15, 0.2) is 6.61 Å². The summed E-state index contributed by atoms with van der Waals surface area (Å²) >= 11 is 1.30. The van der Waals surface area contributed by atoms with Gasteiger partial charge in [-0.05, 0) is 31.9 Å². The molecule has 9 heteroatoms. The van der Waals surface area contributed by atoms with E-state index in [0.717, 1.165) is 29.7 Å². The second-order valence-corrected chi connectivity index (χ2v) is 8.06. The van der Waals surface area contributed by atoms with Crippen molar-refractivity contribution in [2.24, 2.45) is 0 Å². The van der Waals surface area contributed by atoms with Crippen molar-refractivity contribution >= 4 is 35.6 Å². The summed E-state index contributed by atoms with van der Waals surface area (Å²) in [6.45, 7) is 1.42. The summed E-state index contributed by atoms with van der Waals surface area (Å²) in [5.74, 6) is -1.68. The Labute approximate surface area is 167 Å². The van der Waals surface area contributed by atoms with Crippen LogP contribution in [0.3, 0.4) is 0 Å². The van der Waals surface area contributed by atoms with Gasteiger partial charge in [0.2, 0.25) is 0 Å². The number of nitrogens with zero attached hydrogens (tertiary/aromatic N) is 1. The molecule has 1 aliphatic heterocycles. The molecule has 1 saturated heterocycles. The summed E-state index contributed by atoms with van der Waals surface area (Å²) in [6, 6.07) is 7.04. The Hall–Kier alpha value is -2.55. The standard InChI is InChI=1S/C19H23N3O5S/c1-13-5-7-14(8-6-13)28-12-16(24)27-11-15(23)21-22-17(25)19(20-18(22)26)9-3-2-4-10-19/h5-8H,2-4,9-12H2,1H3,(H,20,26)(H,21,23). The average molecular weight is 405 g/mol. The van der Waals surface area contributed by atoms with Crippen LogP contribution >= 0.6 is 11.8 Å². The zero-order valence-corrected chi connectivity index (χ0v) is 16.5. The lowest BCUT2D eigenvalue weighted by atomic mass is 9.82. The minimum atomic E-state index is -0.913. The van der Waals surface area contributed by atoms with E-state index >= 15 is 0 Å². The molecule has 0 aromatic heterocycles. The third-order valence-electron chi connectivity index (χ3n) is 4.85. The number of urea groups is 1. The molecule has 0 bridgehead atoms. The van der Waals surface area contributed by atoms with E-state index in [1.165, 1.54) is 11.8 Å². The quantitative estimate of drug-likeness (QED) is 0.426. The van der Waals surface area contributed by atoms with Gasteiger partial charge in [-0.2, -0.15) is 5.01 Å². The summed E-state index contributed by atoms with van der Waals surface area (Å²) in [4.78, 5) is 49.4. The Morgan fingerprint density at radius 2 is 1.86 bits per heavy atom. The van der Waals surface area contributed by atoms with Crippen LogP contribution < -0.4 is 10.7 Å². The third-order valence-corrected chi connectivity index (χ3v) is 5.83. The Balaban J connectivity index is 1.43. The summed E-state index contributed by atoms with van der Waals surface area (Å²) in [7, 11) is 0. The highest BCUT2D eigenvalue weighted by Gasteiger charge is 2.52. The minimum absolute atomic E-state index is 0.0581. The molecule has 150 valence electrons. The largest absolute Gasteiger partial charge is 0.455 e. The topological polar surface area (TPSA) is 105 Å². The second-order valence-electron chi connectivity index (χ2n) is 7.01. The number of aryl methyl sites for hydroxylation is 1. The van der Waals surface area contributed by atoms with Crippen LogP contribution in [0, 0.1) is 6.92 Å². The van der Waals surface area contributed by atoms with Crippen LogP contribution in [0.2, 0.25) is 0 Å². The number of ether oxygens (including phenoxy) is 1. The number of imide groups is 1. The number of carbonyl (C=O) groups is 4. The number of rotatable bonds is 6. The van der Waals surface area contributed by atoms with E-state index in [9.17, 15) is 19.2 Å². The van der Waals surface area contributed by atoms with Gasteiger partial charge < -0.3 is 10.1 Å². The van der Waals surface area contributed by atoms with E-state index < -0.39 is 36.0 Å². The van der Waals surface area contributed by atoms with Gasteiger partial charge in [-0.3, -0.25) is 19.8 Å². The first-order chi connectivity index (χ1) is 13.4. The second kappa shape index (κ2) is 8.64. The van der Waals surface area contributed by atoms with Crippen molar-refractivity contribution in [3.63, 3.8) is 0 Å². The van der Waals surface area contributed by atoms with Gasteiger partial charge in [-0.1, -0.05) is 37.0 Å². The molecule has 1 aromatic carbocycles. The molecule has 0 radical (unpaired) electrons. The molecule has 8 nitrogen and oxygen atoms in total. The first-order valence-electron chi connectivity index (χ1n) is 9.21. The molecule has 4 amide bonds. The van der Waals surface area contributed by atoms with Crippen LogP contribution in [0.1, 0.15) is 37.7 Å². The summed E-state index contributed by atoms with van der Waals surface area (Å²) in [5.41, 5.74) is 2.45. The maximum atomic E-state index is 12.6. The van der Waals surface area contributed by atoms with E-state index in [1.807, 2.05) is 31.2 Å². The lowest BCUT2D eigenvalue weighted by Crippen LogP contribution is -2.51. The maximum absolute atomic E-state index is 12.6. The highest BCUT2D eigenvalue weighted by molar-refractivity contribution is 8.00.